The van der Waals surface area contributed by atoms with Crippen LogP contribution in [0.25, 0.3) is 0 Å². The number of hydrogen-bond acceptors (Lipinski definition) is 6. The minimum absolute atomic E-state index is 0. The summed E-state index contributed by atoms with van der Waals surface area (Å²) in [4.78, 5) is 23.2. The SMILES string of the molecule is CC([O-])=C1Cc2ccccc2C1=O.CC([O-])=C1Cc2ccccc2C1=O.CC[O-].CC[O-].[Ti]. The van der Waals surface area contributed by atoms with Crippen LogP contribution in [0.2, 0.25) is 0 Å². The van der Waals surface area contributed by atoms with Crippen molar-refractivity contribution in [2.24, 2.45) is 0 Å². The molecule has 2 aromatic carbocycles. The van der Waals surface area contributed by atoms with Gasteiger partial charge in [-0.3, -0.25) is 9.59 Å². The second-order valence-electron chi connectivity index (χ2n) is 6.97. The van der Waals surface area contributed by atoms with Crippen molar-refractivity contribution in [3.05, 3.63) is 93.4 Å². The number of benzene rings is 2. The average molecular weight is 484 g/mol. The van der Waals surface area contributed by atoms with E-state index in [9.17, 15) is 19.8 Å². The van der Waals surface area contributed by atoms with E-state index in [0.29, 0.717) is 35.1 Å². The van der Waals surface area contributed by atoms with E-state index in [1.54, 1.807) is 26.0 Å². The van der Waals surface area contributed by atoms with Crippen molar-refractivity contribution in [3.63, 3.8) is 0 Å². The van der Waals surface area contributed by atoms with E-state index in [1.807, 2.05) is 36.4 Å². The molecule has 0 aliphatic heterocycles. The number of ketones is 2. The maximum absolute atomic E-state index is 11.6. The minimum Gasteiger partial charge on any atom is -0.875 e. The van der Waals surface area contributed by atoms with Gasteiger partial charge in [0.05, 0.1) is 0 Å². The van der Waals surface area contributed by atoms with E-state index in [2.05, 4.69) is 0 Å². The minimum atomic E-state index is -0.110. The van der Waals surface area contributed by atoms with Gasteiger partial charge in [-0.15, -0.1) is 24.7 Å². The number of carbonyl (C=O) groups excluding carboxylic acids is 2. The molecule has 7 heteroatoms. The van der Waals surface area contributed by atoms with E-state index < -0.39 is 0 Å². The van der Waals surface area contributed by atoms with Crippen molar-refractivity contribution < 1.29 is 51.7 Å². The van der Waals surface area contributed by atoms with Gasteiger partial charge in [0.25, 0.3) is 0 Å². The number of rotatable bonds is 0. The van der Waals surface area contributed by atoms with Crippen molar-refractivity contribution in [1.29, 1.82) is 0 Å². The van der Waals surface area contributed by atoms with Crippen LogP contribution in [0.3, 0.4) is 0 Å². The van der Waals surface area contributed by atoms with E-state index in [0.717, 1.165) is 11.1 Å². The molecule has 0 saturated carbocycles. The number of allylic oxidation sites excluding steroid dienone is 4. The van der Waals surface area contributed by atoms with Gasteiger partial charge in [-0.1, -0.05) is 76.2 Å². The molecule has 0 radical (unpaired) electrons. The summed E-state index contributed by atoms with van der Waals surface area (Å²) in [6, 6.07) is 14.7. The summed E-state index contributed by atoms with van der Waals surface area (Å²) in [7, 11) is 0. The Morgan fingerprint density at radius 3 is 1.21 bits per heavy atom. The molecule has 0 atom stereocenters. The zero-order chi connectivity index (χ0) is 24.3. The van der Waals surface area contributed by atoms with Crippen molar-refractivity contribution in [3.8, 4) is 0 Å². The fourth-order valence-electron chi connectivity index (χ4n) is 3.23. The molecule has 0 amide bonds. The second kappa shape index (κ2) is 15.4. The standard InChI is InChI=1S/2C11H10O2.2C2H5O.Ti/c2*1-7(12)10-6-8-4-2-3-5-9(8)11(10)13;2*1-2-3;/h2*2-5,12H,6H2,1H3;2*2H2,1H3;/q;;2*-1;/p-2. The maximum atomic E-state index is 11.6. The van der Waals surface area contributed by atoms with Gasteiger partial charge >= 0.3 is 0 Å². The van der Waals surface area contributed by atoms with Gasteiger partial charge in [-0.05, 0) is 22.3 Å². The van der Waals surface area contributed by atoms with Crippen LogP contribution in [0.5, 0.6) is 0 Å². The molecule has 0 saturated heterocycles. The zero-order valence-corrected chi connectivity index (χ0v) is 21.0. The quantitative estimate of drug-likeness (QED) is 0.310. The van der Waals surface area contributed by atoms with Crippen LogP contribution >= 0.6 is 0 Å². The third-order valence-corrected chi connectivity index (χ3v) is 4.66. The van der Waals surface area contributed by atoms with Crippen LogP contribution < -0.4 is 20.4 Å². The predicted octanol–water partition coefficient (Wildman–Crippen LogP) is 0.850. The molecule has 4 rings (SSSR count). The Hall–Kier alpha value is -2.51. The van der Waals surface area contributed by atoms with Crippen molar-refractivity contribution in [1.82, 2.24) is 0 Å². The summed E-state index contributed by atoms with van der Waals surface area (Å²) in [5, 5.41) is 40.0. The normalized spacial score (nSPS) is 15.8. The Balaban J connectivity index is 0.000000491. The Bertz CT molecular complexity index is 918. The molecule has 0 N–H and O–H groups in total. The zero-order valence-electron chi connectivity index (χ0n) is 19.4. The molecule has 33 heavy (non-hydrogen) atoms. The van der Waals surface area contributed by atoms with Gasteiger partial charge in [0, 0.05) is 45.7 Å². The molecule has 2 aliphatic rings. The van der Waals surface area contributed by atoms with Crippen molar-refractivity contribution in [2.75, 3.05) is 13.2 Å². The first-order valence-electron chi connectivity index (χ1n) is 10.4. The Morgan fingerprint density at radius 1 is 0.697 bits per heavy atom. The number of hydrogen-bond donors (Lipinski definition) is 0. The van der Waals surface area contributed by atoms with Gasteiger partial charge in [0.15, 0.2) is 11.6 Å². The molecule has 0 bridgehead atoms. The molecule has 0 unspecified atom stereocenters. The average Bonchev–Trinajstić information content (AvgIpc) is 3.28. The molecule has 0 heterocycles. The van der Waals surface area contributed by atoms with E-state index >= 15 is 0 Å². The van der Waals surface area contributed by atoms with Crippen LogP contribution in [0, 0.1) is 0 Å². The Labute approximate surface area is 210 Å². The van der Waals surface area contributed by atoms with Gasteiger partial charge in [-0.2, -0.15) is 0 Å². The molecular formula is C26H28O6Ti-4. The van der Waals surface area contributed by atoms with Gasteiger partial charge in [0.2, 0.25) is 0 Å². The molecular weight excluding hydrogens is 456 g/mol. The third kappa shape index (κ3) is 8.41. The first-order chi connectivity index (χ1) is 15.2. The summed E-state index contributed by atoms with van der Waals surface area (Å²) < 4.78 is 0. The topological polar surface area (TPSA) is 126 Å². The summed E-state index contributed by atoms with van der Waals surface area (Å²) in [5.74, 6) is -0.409. The smallest absolute Gasteiger partial charge is 0.188 e. The fourth-order valence-corrected chi connectivity index (χ4v) is 3.23. The molecule has 6 nitrogen and oxygen atoms in total. The number of carbonyl (C=O) groups is 2. The van der Waals surface area contributed by atoms with Gasteiger partial charge in [-0.25, -0.2) is 0 Å². The summed E-state index contributed by atoms with van der Waals surface area (Å²) >= 11 is 0. The first kappa shape index (κ1) is 30.5. The van der Waals surface area contributed by atoms with Crippen LogP contribution in [0.4, 0.5) is 0 Å². The molecule has 0 fully saturated rings. The molecule has 0 aromatic heterocycles. The fraction of sp³-hybridized carbons (Fsp3) is 0.308. The molecule has 2 aliphatic carbocycles. The first-order valence-corrected chi connectivity index (χ1v) is 10.4. The van der Waals surface area contributed by atoms with Gasteiger partial charge in [0.1, 0.15) is 0 Å². The largest absolute Gasteiger partial charge is 0.875 e. The van der Waals surface area contributed by atoms with E-state index in [-0.39, 0.29) is 58.0 Å². The van der Waals surface area contributed by atoms with Gasteiger partial charge < -0.3 is 20.4 Å². The van der Waals surface area contributed by atoms with Crippen molar-refractivity contribution in [2.45, 2.75) is 40.5 Å². The Morgan fingerprint density at radius 2 is 0.970 bits per heavy atom. The summed E-state index contributed by atoms with van der Waals surface area (Å²) in [6.07, 6.45) is 1.01. The summed E-state index contributed by atoms with van der Waals surface area (Å²) in [5.41, 5.74) is 4.15. The predicted molar refractivity (Wildman–Crippen MR) is 115 cm³/mol. The van der Waals surface area contributed by atoms with E-state index in [4.69, 9.17) is 10.2 Å². The monoisotopic (exact) mass is 484 g/mol. The van der Waals surface area contributed by atoms with E-state index in [1.165, 1.54) is 13.8 Å². The van der Waals surface area contributed by atoms with Crippen LogP contribution in [0.1, 0.15) is 59.5 Å². The number of fused-ring (bicyclic) bond motifs is 2. The molecule has 0 spiro atoms. The molecule has 176 valence electrons. The second-order valence-corrected chi connectivity index (χ2v) is 6.97. The summed E-state index contributed by atoms with van der Waals surface area (Å²) in [6.45, 7) is 6.03. The maximum Gasteiger partial charge on any atom is 0.188 e. The third-order valence-electron chi connectivity index (χ3n) is 4.66. The number of Topliss-reactive ketones (excluding diaryl/α,β-unsaturated/α-hetero) is 2. The Kier molecular flexibility index (Phi) is 14.2. The van der Waals surface area contributed by atoms with Crippen molar-refractivity contribution >= 4 is 11.6 Å². The van der Waals surface area contributed by atoms with Crippen LogP contribution in [-0.4, -0.2) is 24.8 Å². The van der Waals surface area contributed by atoms with Crippen LogP contribution in [0.15, 0.2) is 71.2 Å². The molecule has 2 aromatic rings. The van der Waals surface area contributed by atoms with Crippen LogP contribution in [-0.2, 0) is 34.6 Å².